The number of halogens is 2. The van der Waals surface area contributed by atoms with E-state index in [9.17, 15) is 18.4 Å². The van der Waals surface area contributed by atoms with E-state index < -0.39 is 29.4 Å². The molecule has 2 nitrogen and oxygen atoms in total. The number of ketones is 1. The standard InChI is InChI=1S/C9H6F2O2/c10-6-2-1-3-7(11)9(6)8(13)4-5-12/h1-3,5H,4H2. The van der Waals surface area contributed by atoms with Gasteiger partial charge in [0.05, 0.1) is 12.0 Å². The topological polar surface area (TPSA) is 34.1 Å². The van der Waals surface area contributed by atoms with Crippen molar-refractivity contribution in [2.75, 3.05) is 0 Å². The summed E-state index contributed by atoms with van der Waals surface area (Å²) >= 11 is 0. The third kappa shape index (κ3) is 1.96. The summed E-state index contributed by atoms with van der Waals surface area (Å²) in [5, 5.41) is 0. The number of benzene rings is 1. The van der Waals surface area contributed by atoms with Crippen LogP contribution in [-0.4, -0.2) is 12.1 Å². The van der Waals surface area contributed by atoms with Gasteiger partial charge in [0.15, 0.2) is 5.78 Å². The first kappa shape index (κ1) is 9.51. The highest BCUT2D eigenvalue weighted by molar-refractivity contribution is 6.03. The molecule has 0 saturated heterocycles. The summed E-state index contributed by atoms with van der Waals surface area (Å²) in [7, 11) is 0. The molecule has 1 aromatic rings. The Hall–Kier alpha value is -1.58. The zero-order valence-electron chi connectivity index (χ0n) is 6.59. The van der Waals surface area contributed by atoms with Crippen molar-refractivity contribution in [2.24, 2.45) is 0 Å². The van der Waals surface area contributed by atoms with E-state index in [-0.39, 0.29) is 0 Å². The average molecular weight is 184 g/mol. The summed E-state index contributed by atoms with van der Waals surface area (Å²) in [6.45, 7) is 0. The first-order valence-corrected chi connectivity index (χ1v) is 3.57. The van der Waals surface area contributed by atoms with Crippen molar-refractivity contribution >= 4 is 12.1 Å². The van der Waals surface area contributed by atoms with Gasteiger partial charge < -0.3 is 4.79 Å². The predicted octanol–water partition coefficient (Wildman–Crippen LogP) is 1.74. The van der Waals surface area contributed by atoms with Gasteiger partial charge in [0.2, 0.25) is 0 Å². The van der Waals surface area contributed by atoms with E-state index in [1.807, 2.05) is 0 Å². The van der Waals surface area contributed by atoms with Crippen LogP contribution in [0.1, 0.15) is 16.8 Å². The molecule has 1 aromatic carbocycles. The molecule has 0 aliphatic carbocycles. The minimum Gasteiger partial charge on any atom is -0.303 e. The van der Waals surface area contributed by atoms with Gasteiger partial charge in [0.1, 0.15) is 17.9 Å². The molecule has 0 bridgehead atoms. The zero-order chi connectivity index (χ0) is 9.84. The number of carbonyl (C=O) groups excluding carboxylic acids is 2. The Kier molecular flexibility index (Phi) is 2.84. The Morgan fingerprint density at radius 1 is 1.31 bits per heavy atom. The lowest BCUT2D eigenvalue weighted by atomic mass is 10.1. The van der Waals surface area contributed by atoms with Gasteiger partial charge in [0.25, 0.3) is 0 Å². The lowest BCUT2D eigenvalue weighted by Crippen LogP contribution is -2.05. The highest BCUT2D eigenvalue weighted by atomic mass is 19.1. The van der Waals surface area contributed by atoms with Crippen molar-refractivity contribution in [1.29, 1.82) is 0 Å². The van der Waals surface area contributed by atoms with Crippen molar-refractivity contribution in [1.82, 2.24) is 0 Å². The Labute approximate surface area is 73.2 Å². The summed E-state index contributed by atoms with van der Waals surface area (Å²) in [4.78, 5) is 20.9. The van der Waals surface area contributed by atoms with E-state index in [1.165, 1.54) is 0 Å². The number of aldehydes is 1. The second-order valence-electron chi connectivity index (χ2n) is 2.39. The van der Waals surface area contributed by atoms with Crippen LogP contribution in [0.25, 0.3) is 0 Å². The van der Waals surface area contributed by atoms with Crippen LogP contribution in [0, 0.1) is 11.6 Å². The van der Waals surface area contributed by atoms with Crippen LogP contribution in [0.15, 0.2) is 18.2 Å². The number of rotatable bonds is 3. The summed E-state index contributed by atoms with van der Waals surface area (Å²) in [6, 6.07) is 3.10. The maximum atomic E-state index is 12.8. The molecule has 0 saturated carbocycles. The van der Waals surface area contributed by atoms with E-state index in [1.54, 1.807) is 0 Å². The van der Waals surface area contributed by atoms with E-state index in [0.29, 0.717) is 6.29 Å². The Balaban J connectivity index is 3.12. The van der Waals surface area contributed by atoms with Gasteiger partial charge in [-0.15, -0.1) is 0 Å². The smallest absolute Gasteiger partial charge is 0.175 e. The normalized spacial score (nSPS) is 9.69. The molecule has 0 amide bonds. The lowest BCUT2D eigenvalue weighted by Gasteiger charge is -1.99. The third-order valence-electron chi connectivity index (χ3n) is 1.51. The van der Waals surface area contributed by atoms with Crippen LogP contribution < -0.4 is 0 Å². The summed E-state index contributed by atoms with van der Waals surface area (Å²) < 4.78 is 25.7. The fourth-order valence-electron chi connectivity index (χ4n) is 0.942. The second-order valence-corrected chi connectivity index (χ2v) is 2.39. The molecule has 0 aliphatic heterocycles. The molecule has 0 unspecified atom stereocenters. The summed E-state index contributed by atoms with van der Waals surface area (Å²) in [5.74, 6) is -2.72. The predicted molar refractivity (Wildman–Crippen MR) is 41.4 cm³/mol. The van der Waals surface area contributed by atoms with Gasteiger partial charge >= 0.3 is 0 Å². The maximum absolute atomic E-state index is 12.8. The van der Waals surface area contributed by atoms with Crippen LogP contribution in [0.4, 0.5) is 8.78 Å². The number of Topliss-reactive ketones (excluding diaryl/α,β-unsaturated/α-hetero) is 1. The van der Waals surface area contributed by atoms with Gasteiger partial charge in [-0.05, 0) is 12.1 Å². The molecule has 0 aromatic heterocycles. The highest BCUT2D eigenvalue weighted by Gasteiger charge is 2.15. The molecule has 4 heteroatoms. The maximum Gasteiger partial charge on any atom is 0.175 e. The van der Waals surface area contributed by atoms with Crippen LogP contribution >= 0.6 is 0 Å². The molecule has 0 atom stereocenters. The summed E-state index contributed by atoms with van der Waals surface area (Å²) in [6.07, 6.45) is -0.188. The monoisotopic (exact) mass is 184 g/mol. The Morgan fingerprint density at radius 3 is 2.31 bits per heavy atom. The fraction of sp³-hybridized carbons (Fsp3) is 0.111. The van der Waals surface area contributed by atoms with E-state index in [4.69, 9.17) is 0 Å². The van der Waals surface area contributed by atoms with Gasteiger partial charge in [0, 0.05) is 0 Å². The molecule has 68 valence electrons. The first-order chi connectivity index (χ1) is 6.16. The van der Waals surface area contributed by atoms with Crippen molar-refractivity contribution in [3.8, 4) is 0 Å². The van der Waals surface area contributed by atoms with Crippen LogP contribution in [0.3, 0.4) is 0 Å². The van der Waals surface area contributed by atoms with Crippen molar-refractivity contribution in [3.63, 3.8) is 0 Å². The Bertz CT molecular complexity index is 327. The van der Waals surface area contributed by atoms with Gasteiger partial charge in [-0.2, -0.15) is 0 Å². The fourth-order valence-corrected chi connectivity index (χ4v) is 0.942. The van der Waals surface area contributed by atoms with Crippen LogP contribution in [0.2, 0.25) is 0 Å². The molecular weight excluding hydrogens is 178 g/mol. The van der Waals surface area contributed by atoms with Crippen LogP contribution in [0.5, 0.6) is 0 Å². The molecule has 0 N–H and O–H groups in total. The highest BCUT2D eigenvalue weighted by Crippen LogP contribution is 2.13. The van der Waals surface area contributed by atoms with E-state index >= 15 is 0 Å². The molecule has 0 spiro atoms. The van der Waals surface area contributed by atoms with Crippen molar-refractivity contribution in [3.05, 3.63) is 35.4 Å². The Morgan fingerprint density at radius 2 is 1.85 bits per heavy atom. The van der Waals surface area contributed by atoms with Crippen LogP contribution in [-0.2, 0) is 4.79 Å². The minimum atomic E-state index is -0.938. The third-order valence-corrected chi connectivity index (χ3v) is 1.51. The molecule has 1 rings (SSSR count). The minimum absolute atomic E-state index is 0.314. The van der Waals surface area contributed by atoms with Gasteiger partial charge in [-0.1, -0.05) is 6.07 Å². The first-order valence-electron chi connectivity index (χ1n) is 3.57. The lowest BCUT2D eigenvalue weighted by molar-refractivity contribution is -0.107. The molecule has 0 aliphatic rings. The van der Waals surface area contributed by atoms with Gasteiger partial charge in [-0.3, -0.25) is 4.79 Å². The molecule has 13 heavy (non-hydrogen) atoms. The SMILES string of the molecule is O=CCC(=O)c1c(F)cccc1F. The molecule has 0 fully saturated rings. The van der Waals surface area contributed by atoms with Crippen molar-refractivity contribution in [2.45, 2.75) is 6.42 Å². The average Bonchev–Trinajstić information content (AvgIpc) is 2.04. The van der Waals surface area contributed by atoms with Gasteiger partial charge in [-0.25, -0.2) is 8.78 Å². The zero-order valence-corrected chi connectivity index (χ0v) is 6.59. The van der Waals surface area contributed by atoms with Crippen molar-refractivity contribution < 1.29 is 18.4 Å². The quantitative estimate of drug-likeness (QED) is 0.407. The number of hydrogen-bond donors (Lipinski definition) is 0. The number of carbonyl (C=O) groups is 2. The molecular formula is C9H6F2O2. The second kappa shape index (κ2) is 3.89. The molecule has 0 radical (unpaired) electrons. The number of hydrogen-bond acceptors (Lipinski definition) is 2. The molecule has 0 heterocycles. The van der Waals surface area contributed by atoms with E-state index in [2.05, 4.69) is 0 Å². The van der Waals surface area contributed by atoms with E-state index in [0.717, 1.165) is 18.2 Å². The largest absolute Gasteiger partial charge is 0.303 e. The summed E-state index contributed by atoms with van der Waals surface area (Å²) in [5.41, 5.74) is -0.644.